The first kappa shape index (κ1) is 16.3. The lowest BCUT2D eigenvalue weighted by Crippen LogP contribution is -2.41. The van der Waals surface area contributed by atoms with E-state index in [0.29, 0.717) is 6.04 Å². The lowest BCUT2D eigenvalue weighted by atomic mass is 10.3. The van der Waals surface area contributed by atoms with Crippen molar-refractivity contribution in [3.63, 3.8) is 0 Å². The predicted molar refractivity (Wildman–Crippen MR) is 82.1 cm³/mol. The van der Waals surface area contributed by atoms with Crippen LogP contribution in [0.4, 0.5) is 0 Å². The van der Waals surface area contributed by atoms with Crippen LogP contribution in [0.25, 0.3) is 0 Å². The second-order valence-electron chi connectivity index (χ2n) is 3.89. The Balaban J connectivity index is 0.00000256. The normalized spacial score (nSPS) is 11.2. The first-order valence-electron chi connectivity index (χ1n) is 5.79. The Morgan fingerprint density at radius 1 is 1.47 bits per heavy atom. The SMILES string of the molecule is CCNC(=NCCc1ccco1)NC(C)C.I. The Bertz CT molecular complexity index is 310. The van der Waals surface area contributed by atoms with Crippen LogP contribution in [0, 0.1) is 0 Å². The molecule has 4 nitrogen and oxygen atoms in total. The van der Waals surface area contributed by atoms with Crippen LogP contribution in [0.3, 0.4) is 0 Å². The molecule has 0 aromatic carbocycles. The number of hydrogen-bond donors (Lipinski definition) is 2. The Morgan fingerprint density at radius 3 is 2.76 bits per heavy atom. The Labute approximate surface area is 120 Å². The van der Waals surface area contributed by atoms with Crippen molar-refractivity contribution in [1.82, 2.24) is 10.6 Å². The van der Waals surface area contributed by atoms with Crippen molar-refractivity contribution >= 4 is 29.9 Å². The number of guanidine groups is 1. The highest BCUT2D eigenvalue weighted by molar-refractivity contribution is 14.0. The molecule has 0 aliphatic heterocycles. The summed E-state index contributed by atoms with van der Waals surface area (Å²) >= 11 is 0. The van der Waals surface area contributed by atoms with Gasteiger partial charge in [0.1, 0.15) is 5.76 Å². The molecule has 98 valence electrons. The van der Waals surface area contributed by atoms with Gasteiger partial charge in [0.15, 0.2) is 5.96 Å². The summed E-state index contributed by atoms with van der Waals surface area (Å²) in [6, 6.07) is 4.26. The maximum Gasteiger partial charge on any atom is 0.191 e. The van der Waals surface area contributed by atoms with Crippen LogP contribution < -0.4 is 10.6 Å². The van der Waals surface area contributed by atoms with Gasteiger partial charge in [0.2, 0.25) is 0 Å². The molecule has 0 aliphatic rings. The molecule has 0 saturated heterocycles. The zero-order chi connectivity index (χ0) is 11.8. The molecule has 17 heavy (non-hydrogen) atoms. The first-order valence-corrected chi connectivity index (χ1v) is 5.79. The maximum absolute atomic E-state index is 5.25. The van der Waals surface area contributed by atoms with Crippen molar-refractivity contribution in [2.24, 2.45) is 4.99 Å². The van der Waals surface area contributed by atoms with Crippen molar-refractivity contribution in [1.29, 1.82) is 0 Å². The van der Waals surface area contributed by atoms with Gasteiger partial charge in [-0.2, -0.15) is 0 Å². The van der Waals surface area contributed by atoms with E-state index in [0.717, 1.165) is 31.2 Å². The van der Waals surface area contributed by atoms with Gasteiger partial charge in [-0.15, -0.1) is 24.0 Å². The molecule has 2 N–H and O–H groups in total. The topological polar surface area (TPSA) is 49.6 Å². The summed E-state index contributed by atoms with van der Waals surface area (Å²) in [7, 11) is 0. The number of nitrogens with zero attached hydrogens (tertiary/aromatic N) is 1. The standard InChI is InChI=1S/C12H21N3O.HI/c1-4-13-12(15-10(2)3)14-8-7-11-6-5-9-16-11;/h5-6,9-10H,4,7-8H2,1-3H3,(H2,13,14,15);1H. The molecule has 0 atom stereocenters. The van der Waals surface area contributed by atoms with Crippen molar-refractivity contribution in [2.45, 2.75) is 33.2 Å². The molecule has 0 radical (unpaired) electrons. The largest absolute Gasteiger partial charge is 0.469 e. The summed E-state index contributed by atoms with van der Waals surface area (Å²) in [6.45, 7) is 7.86. The Morgan fingerprint density at radius 2 is 2.24 bits per heavy atom. The van der Waals surface area contributed by atoms with E-state index in [4.69, 9.17) is 4.42 Å². The number of halogens is 1. The fourth-order valence-electron chi connectivity index (χ4n) is 1.33. The van der Waals surface area contributed by atoms with Crippen LogP contribution in [0.1, 0.15) is 26.5 Å². The van der Waals surface area contributed by atoms with Crippen LogP contribution in [0.15, 0.2) is 27.8 Å². The van der Waals surface area contributed by atoms with Gasteiger partial charge in [0.05, 0.1) is 6.26 Å². The van der Waals surface area contributed by atoms with Gasteiger partial charge < -0.3 is 15.1 Å². The zero-order valence-corrected chi connectivity index (χ0v) is 13.0. The summed E-state index contributed by atoms with van der Waals surface area (Å²) in [6.07, 6.45) is 2.53. The van der Waals surface area contributed by atoms with E-state index < -0.39 is 0 Å². The molecule has 0 spiro atoms. The van der Waals surface area contributed by atoms with E-state index in [1.54, 1.807) is 6.26 Å². The molecular formula is C12H22IN3O. The van der Waals surface area contributed by atoms with Crippen molar-refractivity contribution in [3.05, 3.63) is 24.2 Å². The molecule has 0 saturated carbocycles. The molecule has 1 heterocycles. The zero-order valence-electron chi connectivity index (χ0n) is 10.7. The fraction of sp³-hybridized carbons (Fsp3) is 0.583. The van der Waals surface area contributed by atoms with E-state index in [2.05, 4.69) is 36.4 Å². The number of nitrogens with one attached hydrogen (secondary N) is 2. The van der Waals surface area contributed by atoms with Crippen LogP contribution in [0.5, 0.6) is 0 Å². The van der Waals surface area contributed by atoms with Crippen LogP contribution in [-0.4, -0.2) is 25.1 Å². The lowest BCUT2D eigenvalue weighted by molar-refractivity contribution is 0.510. The van der Waals surface area contributed by atoms with E-state index >= 15 is 0 Å². The number of hydrogen-bond acceptors (Lipinski definition) is 2. The highest BCUT2D eigenvalue weighted by Gasteiger charge is 1.99. The van der Waals surface area contributed by atoms with Gasteiger partial charge in [-0.1, -0.05) is 0 Å². The third-order valence-electron chi connectivity index (χ3n) is 1.98. The third-order valence-corrected chi connectivity index (χ3v) is 1.98. The van der Waals surface area contributed by atoms with Crippen LogP contribution >= 0.6 is 24.0 Å². The summed E-state index contributed by atoms with van der Waals surface area (Å²) in [5.74, 6) is 1.84. The highest BCUT2D eigenvalue weighted by atomic mass is 127. The van der Waals surface area contributed by atoms with E-state index in [1.807, 2.05) is 12.1 Å². The molecule has 0 amide bonds. The second kappa shape index (κ2) is 9.32. The number of rotatable bonds is 5. The van der Waals surface area contributed by atoms with E-state index in [-0.39, 0.29) is 24.0 Å². The minimum atomic E-state index is 0. The van der Waals surface area contributed by atoms with Crippen molar-refractivity contribution in [3.8, 4) is 0 Å². The van der Waals surface area contributed by atoms with Crippen molar-refractivity contribution < 1.29 is 4.42 Å². The maximum atomic E-state index is 5.25. The average Bonchev–Trinajstić information content (AvgIpc) is 2.70. The van der Waals surface area contributed by atoms with Crippen molar-refractivity contribution in [2.75, 3.05) is 13.1 Å². The van der Waals surface area contributed by atoms with Gasteiger partial charge >= 0.3 is 0 Å². The molecule has 0 fully saturated rings. The quantitative estimate of drug-likeness (QED) is 0.487. The second-order valence-corrected chi connectivity index (χ2v) is 3.89. The van der Waals surface area contributed by atoms with Gasteiger partial charge in [0.25, 0.3) is 0 Å². The fourth-order valence-corrected chi connectivity index (χ4v) is 1.33. The lowest BCUT2D eigenvalue weighted by Gasteiger charge is -2.13. The molecular weight excluding hydrogens is 329 g/mol. The Hall–Kier alpha value is -0.720. The van der Waals surface area contributed by atoms with Gasteiger partial charge in [0, 0.05) is 25.6 Å². The predicted octanol–water partition coefficient (Wildman–Crippen LogP) is 2.40. The summed E-state index contributed by atoms with van der Waals surface area (Å²) in [4.78, 5) is 4.46. The average molecular weight is 351 g/mol. The van der Waals surface area contributed by atoms with Crippen LogP contribution in [0.2, 0.25) is 0 Å². The molecule has 1 aromatic heterocycles. The van der Waals surface area contributed by atoms with E-state index in [9.17, 15) is 0 Å². The number of aliphatic imine (C=N–C) groups is 1. The molecule has 1 rings (SSSR count). The van der Waals surface area contributed by atoms with Gasteiger partial charge in [-0.25, -0.2) is 0 Å². The van der Waals surface area contributed by atoms with Gasteiger partial charge in [-0.05, 0) is 32.9 Å². The molecule has 1 aromatic rings. The number of furan rings is 1. The smallest absolute Gasteiger partial charge is 0.191 e. The molecule has 0 aliphatic carbocycles. The first-order chi connectivity index (χ1) is 7.72. The molecule has 0 bridgehead atoms. The Kier molecular flexibility index (Phi) is 8.93. The summed E-state index contributed by atoms with van der Waals surface area (Å²) in [5.41, 5.74) is 0. The van der Waals surface area contributed by atoms with E-state index in [1.165, 1.54) is 0 Å². The minimum Gasteiger partial charge on any atom is -0.469 e. The molecule has 5 heteroatoms. The molecule has 0 unspecified atom stereocenters. The van der Waals surface area contributed by atoms with Gasteiger partial charge in [-0.3, -0.25) is 4.99 Å². The third kappa shape index (κ3) is 7.25. The highest BCUT2D eigenvalue weighted by Crippen LogP contribution is 2.00. The van der Waals surface area contributed by atoms with Crippen LogP contribution in [-0.2, 0) is 6.42 Å². The summed E-state index contributed by atoms with van der Waals surface area (Å²) < 4.78 is 5.25. The monoisotopic (exact) mass is 351 g/mol. The minimum absolute atomic E-state index is 0. The summed E-state index contributed by atoms with van der Waals surface area (Å²) in [5, 5.41) is 6.47.